The van der Waals surface area contributed by atoms with Gasteiger partial charge in [0.15, 0.2) is 0 Å². The molecule has 0 aliphatic rings. The van der Waals surface area contributed by atoms with Crippen molar-refractivity contribution in [3.63, 3.8) is 0 Å². The second-order valence-electron chi connectivity index (χ2n) is 3.26. The molecule has 2 rings (SSSR count). The summed E-state index contributed by atoms with van der Waals surface area (Å²) in [5.74, 6) is 0.705. The maximum atomic E-state index is 10.5. The monoisotopic (exact) mass is 266 g/mol. The summed E-state index contributed by atoms with van der Waals surface area (Å²) in [7, 11) is 0. The molecule has 0 bridgehead atoms. The molecule has 0 aliphatic carbocycles. The molecular weight excluding hydrogens is 260 g/mol. The molecule has 0 atom stereocenters. The number of nitro groups is 1. The molecule has 2 N–H and O–H groups in total. The van der Waals surface area contributed by atoms with Crippen LogP contribution in [-0.4, -0.2) is 14.9 Å². The fourth-order valence-corrected chi connectivity index (χ4v) is 1.42. The van der Waals surface area contributed by atoms with Crippen molar-refractivity contribution < 1.29 is 9.66 Å². The minimum atomic E-state index is -0.543. The van der Waals surface area contributed by atoms with Gasteiger partial charge in [-0.15, -0.1) is 0 Å². The number of nitrogens with two attached hydrogens (primary N) is 1. The van der Waals surface area contributed by atoms with Gasteiger partial charge in [-0.05, 0) is 6.07 Å². The van der Waals surface area contributed by atoms with E-state index in [4.69, 9.17) is 22.1 Å². The number of aromatic nitrogens is 2. The van der Waals surface area contributed by atoms with E-state index < -0.39 is 4.92 Å². The molecule has 18 heavy (non-hydrogen) atoms. The minimum Gasteiger partial charge on any atom is -0.437 e. The second-order valence-corrected chi connectivity index (χ2v) is 3.66. The van der Waals surface area contributed by atoms with Crippen LogP contribution in [0.1, 0.15) is 0 Å². The summed E-state index contributed by atoms with van der Waals surface area (Å²) in [5.41, 5.74) is 5.34. The quantitative estimate of drug-likeness (QED) is 0.676. The van der Waals surface area contributed by atoms with Crippen molar-refractivity contribution in [2.24, 2.45) is 0 Å². The van der Waals surface area contributed by atoms with Crippen LogP contribution in [0.2, 0.25) is 5.02 Å². The van der Waals surface area contributed by atoms with Crippen LogP contribution < -0.4 is 10.5 Å². The normalized spacial score (nSPS) is 10.1. The van der Waals surface area contributed by atoms with Gasteiger partial charge in [0, 0.05) is 18.2 Å². The molecule has 0 aliphatic heterocycles. The van der Waals surface area contributed by atoms with Crippen LogP contribution in [0.3, 0.4) is 0 Å². The zero-order chi connectivity index (χ0) is 13.1. The number of nitro benzene ring substituents is 1. The summed E-state index contributed by atoms with van der Waals surface area (Å²) in [5, 5.41) is 10.6. The molecule has 1 heterocycles. The first-order valence-corrected chi connectivity index (χ1v) is 5.13. The summed E-state index contributed by atoms with van der Waals surface area (Å²) in [6.07, 6.45) is 1.24. The summed E-state index contributed by atoms with van der Waals surface area (Å²) in [4.78, 5) is 17.5. The van der Waals surface area contributed by atoms with Gasteiger partial charge < -0.3 is 10.5 Å². The van der Waals surface area contributed by atoms with Crippen LogP contribution in [0.5, 0.6) is 11.6 Å². The summed E-state index contributed by atoms with van der Waals surface area (Å²) < 4.78 is 5.34. The van der Waals surface area contributed by atoms with E-state index in [2.05, 4.69) is 9.97 Å². The number of nitrogens with zero attached hydrogens (tertiary/aromatic N) is 3. The average Bonchev–Trinajstić information content (AvgIpc) is 2.31. The molecule has 0 saturated carbocycles. The first kappa shape index (κ1) is 12.1. The predicted octanol–water partition coefficient (Wildman–Crippen LogP) is 2.41. The number of nitrogen functional groups attached to an aromatic ring is 1. The molecular formula is C10H7ClN4O3. The predicted molar refractivity (Wildman–Crippen MR) is 64.6 cm³/mol. The zero-order valence-corrected chi connectivity index (χ0v) is 9.66. The molecule has 1 aromatic heterocycles. The third kappa shape index (κ3) is 2.64. The van der Waals surface area contributed by atoms with Gasteiger partial charge in [0.2, 0.25) is 5.88 Å². The molecule has 0 radical (unpaired) electrons. The lowest BCUT2D eigenvalue weighted by atomic mass is 10.3. The molecule has 2 aromatic rings. The van der Waals surface area contributed by atoms with E-state index in [-0.39, 0.29) is 28.2 Å². The van der Waals surface area contributed by atoms with Gasteiger partial charge in [-0.1, -0.05) is 11.6 Å². The number of anilines is 1. The van der Waals surface area contributed by atoms with Gasteiger partial charge in [-0.2, -0.15) is 0 Å². The summed E-state index contributed by atoms with van der Waals surface area (Å²) in [6.45, 7) is 0. The maximum Gasteiger partial charge on any atom is 0.271 e. The highest BCUT2D eigenvalue weighted by Gasteiger charge is 2.11. The van der Waals surface area contributed by atoms with Gasteiger partial charge in [0.05, 0.1) is 9.95 Å². The number of hydrogen-bond acceptors (Lipinski definition) is 6. The molecule has 0 spiro atoms. The lowest BCUT2D eigenvalue weighted by molar-refractivity contribution is -0.384. The first-order chi connectivity index (χ1) is 8.56. The number of ether oxygens (including phenoxy) is 1. The van der Waals surface area contributed by atoms with Gasteiger partial charge in [-0.3, -0.25) is 10.1 Å². The third-order valence-electron chi connectivity index (χ3n) is 2.00. The van der Waals surface area contributed by atoms with Crippen LogP contribution in [0, 0.1) is 10.1 Å². The number of benzene rings is 1. The van der Waals surface area contributed by atoms with Gasteiger partial charge in [0.25, 0.3) is 5.69 Å². The van der Waals surface area contributed by atoms with Crippen molar-refractivity contribution in [3.05, 3.63) is 45.7 Å². The highest BCUT2D eigenvalue weighted by molar-refractivity contribution is 6.32. The summed E-state index contributed by atoms with van der Waals surface area (Å²) in [6, 6.07) is 5.28. The van der Waals surface area contributed by atoms with E-state index in [1.54, 1.807) is 0 Å². The Hall–Kier alpha value is -2.41. The molecule has 7 nitrogen and oxygen atoms in total. The number of hydrogen-bond donors (Lipinski definition) is 1. The minimum absolute atomic E-state index is 0.112. The molecule has 92 valence electrons. The Morgan fingerprint density at radius 3 is 2.72 bits per heavy atom. The fourth-order valence-electron chi connectivity index (χ4n) is 1.21. The van der Waals surface area contributed by atoms with Crippen molar-refractivity contribution >= 4 is 23.1 Å². The highest BCUT2D eigenvalue weighted by Crippen LogP contribution is 2.31. The van der Waals surface area contributed by atoms with Gasteiger partial charge >= 0.3 is 0 Å². The van der Waals surface area contributed by atoms with Crippen molar-refractivity contribution in [2.75, 3.05) is 5.73 Å². The Bertz CT molecular complexity index is 605. The van der Waals surface area contributed by atoms with Crippen molar-refractivity contribution in [3.8, 4) is 11.6 Å². The molecule has 1 aromatic carbocycles. The molecule has 0 unspecified atom stereocenters. The summed E-state index contributed by atoms with van der Waals surface area (Å²) >= 11 is 5.86. The highest BCUT2D eigenvalue weighted by atomic mass is 35.5. The Kier molecular flexibility index (Phi) is 3.24. The van der Waals surface area contributed by atoms with Crippen LogP contribution in [0.4, 0.5) is 11.5 Å². The van der Waals surface area contributed by atoms with Gasteiger partial charge in [0.1, 0.15) is 17.9 Å². The van der Waals surface area contributed by atoms with Crippen LogP contribution >= 0.6 is 11.6 Å². The molecule has 8 heteroatoms. The number of non-ortho nitro benzene ring substituents is 1. The molecule has 0 saturated heterocycles. The van der Waals surface area contributed by atoms with Crippen molar-refractivity contribution in [2.45, 2.75) is 0 Å². The number of rotatable bonds is 3. The SMILES string of the molecule is Nc1cc(Oc2ccc([N+](=O)[O-])cc2Cl)ncn1. The smallest absolute Gasteiger partial charge is 0.271 e. The fraction of sp³-hybridized carbons (Fsp3) is 0. The lowest BCUT2D eigenvalue weighted by Gasteiger charge is -2.06. The van der Waals surface area contributed by atoms with Crippen molar-refractivity contribution in [1.29, 1.82) is 0 Å². The Morgan fingerprint density at radius 1 is 1.33 bits per heavy atom. The van der Waals surface area contributed by atoms with Crippen LogP contribution in [0.15, 0.2) is 30.6 Å². The molecule has 0 fully saturated rings. The van der Waals surface area contributed by atoms with E-state index in [1.807, 2.05) is 0 Å². The topological polar surface area (TPSA) is 104 Å². The van der Waals surface area contributed by atoms with E-state index in [1.165, 1.54) is 30.6 Å². The largest absolute Gasteiger partial charge is 0.437 e. The van der Waals surface area contributed by atoms with E-state index in [0.717, 1.165) is 0 Å². The molecule has 0 amide bonds. The lowest BCUT2D eigenvalue weighted by Crippen LogP contribution is -1.94. The number of halogens is 1. The standard InChI is InChI=1S/C10H7ClN4O3/c11-7-3-6(15(16)17)1-2-8(7)18-10-4-9(12)13-5-14-10/h1-5H,(H2,12,13,14). The Morgan fingerprint density at radius 2 is 2.11 bits per heavy atom. The average molecular weight is 267 g/mol. The van der Waals surface area contributed by atoms with E-state index >= 15 is 0 Å². The zero-order valence-electron chi connectivity index (χ0n) is 8.91. The maximum absolute atomic E-state index is 10.5. The van der Waals surface area contributed by atoms with Gasteiger partial charge in [-0.25, -0.2) is 9.97 Å². The first-order valence-electron chi connectivity index (χ1n) is 4.75. The van der Waals surface area contributed by atoms with Crippen LogP contribution in [0.25, 0.3) is 0 Å². The van der Waals surface area contributed by atoms with E-state index in [0.29, 0.717) is 0 Å². The van der Waals surface area contributed by atoms with Crippen LogP contribution in [-0.2, 0) is 0 Å². The van der Waals surface area contributed by atoms with E-state index in [9.17, 15) is 10.1 Å². The van der Waals surface area contributed by atoms with Crippen molar-refractivity contribution in [1.82, 2.24) is 9.97 Å². The third-order valence-corrected chi connectivity index (χ3v) is 2.30. The Balaban J connectivity index is 2.27. The second kappa shape index (κ2) is 4.84. The Labute approximate surface area is 106 Å².